The van der Waals surface area contributed by atoms with Crippen LogP contribution in [0.3, 0.4) is 0 Å². The molecule has 1 aromatic heterocycles. The predicted molar refractivity (Wildman–Crippen MR) is 71.2 cm³/mol. The van der Waals surface area contributed by atoms with Crippen LogP contribution in [0.4, 0.5) is 0 Å². The second-order valence-corrected chi connectivity index (χ2v) is 4.53. The monoisotopic (exact) mass is 260 g/mol. The Bertz CT molecular complexity index is 602. The second kappa shape index (κ2) is 5.14. The van der Waals surface area contributed by atoms with Gasteiger partial charge in [-0.25, -0.2) is 9.78 Å². The molecular weight excluding hydrogens is 244 g/mol. The van der Waals surface area contributed by atoms with Crippen LogP contribution in [0.5, 0.6) is 5.75 Å². The summed E-state index contributed by atoms with van der Waals surface area (Å²) in [4.78, 5) is 15.3. The first-order valence-electron chi connectivity index (χ1n) is 5.98. The van der Waals surface area contributed by atoms with Crippen molar-refractivity contribution >= 4 is 5.97 Å². The third-order valence-electron chi connectivity index (χ3n) is 2.95. The van der Waals surface area contributed by atoms with Crippen molar-refractivity contribution in [3.05, 3.63) is 42.0 Å². The molecular formula is C14H16N2O3. The summed E-state index contributed by atoms with van der Waals surface area (Å²) in [5.41, 5.74) is 1.93. The first-order valence-corrected chi connectivity index (χ1v) is 5.98. The number of carboxylic acid groups (broad SMARTS) is 1. The minimum Gasteiger partial charge on any atom is -0.496 e. The summed E-state index contributed by atoms with van der Waals surface area (Å²) in [7, 11) is 1.46. The van der Waals surface area contributed by atoms with E-state index in [-0.39, 0.29) is 5.56 Å². The van der Waals surface area contributed by atoms with E-state index >= 15 is 0 Å². The molecule has 100 valence electrons. The zero-order valence-electron chi connectivity index (χ0n) is 11.1. The molecule has 0 atom stereocenters. The van der Waals surface area contributed by atoms with Crippen molar-refractivity contribution in [3.8, 4) is 11.4 Å². The SMILES string of the molecule is COc1ccc(-n2cncc2C(C)C)cc1C(=O)O. The van der Waals surface area contributed by atoms with Gasteiger partial charge in [-0.3, -0.25) is 0 Å². The maximum Gasteiger partial charge on any atom is 0.339 e. The first-order chi connectivity index (χ1) is 9.04. The molecule has 1 N–H and O–H groups in total. The topological polar surface area (TPSA) is 64.4 Å². The predicted octanol–water partition coefficient (Wildman–Crippen LogP) is 2.70. The molecule has 1 heterocycles. The summed E-state index contributed by atoms with van der Waals surface area (Å²) in [5, 5.41) is 9.19. The highest BCUT2D eigenvalue weighted by molar-refractivity contribution is 5.91. The van der Waals surface area contributed by atoms with E-state index in [9.17, 15) is 9.90 Å². The number of carbonyl (C=O) groups is 1. The van der Waals surface area contributed by atoms with Crippen LogP contribution in [0, 0.1) is 0 Å². The van der Waals surface area contributed by atoms with Gasteiger partial charge in [0.05, 0.1) is 13.4 Å². The van der Waals surface area contributed by atoms with E-state index in [1.54, 1.807) is 24.7 Å². The first kappa shape index (κ1) is 13.1. The van der Waals surface area contributed by atoms with Gasteiger partial charge in [-0.15, -0.1) is 0 Å². The average molecular weight is 260 g/mol. The van der Waals surface area contributed by atoms with Gasteiger partial charge < -0.3 is 14.4 Å². The lowest BCUT2D eigenvalue weighted by atomic mass is 10.1. The Labute approximate surface area is 111 Å². The van der Waals surface area contributed by atoms with Gasteiger partial charge in [-0.2, -0.15) is 0 Å². The Hall–Kier alpha value is -2.30. The third-order valence-corrected chi connectivity index (χ3v) is 2.95. The summed E-state index contributed by atoms with van der Waals surface area (Å²) in [6.07, 6.45) is 3.47. The van der Waals surface area contributed by atoms with Crippen LogP contribution in [0.1, 0.15) is 35.8 Å². The fourth-order valence-electron chi connectivity index (χ4n) is 1.96. The van der Waals surface area contributed by atoms with E-state index in [1.807, 2.05) is 10.6 Å². The van der Waals surface area contributed by atoms with Crippen LogP contribution >= 0.6 is 0 Å². The van der Waals surface area contributed by atoms with Crippen molar-refractivity contribution < 1.29 is 14.6 Å². The van der Waals surface area contributed by atoms with Gasteiger partial charge in [0.1, 0.15) is 11.3 Å². The number of benzene rings is 1. The summed E-state index contributed by atoms with van der Waals surface area (Å²) in [5.74, 6) is -0.356. The third kappa shape index (κ3) is 2.45. The van der Waals surface area contributed by atoms with Gasteiger partial charge >= 0.3 is 5.97 Å². The second-order valence-electron chi connectivity index (χ2n) is 4.53. The Morgan fingerprint density at radius 1 is 1.42 bits per heavy atom. The lowest BCUT2D eigenvalue weighted by Gasteiger charge is -2.12. The van der Waals surface area contributed by atoms with Gasteiger partial charge in [-0.05, 0) is 24.1 Å². The van der Waals surface area contributed by atoms with Gasteiger partial charge in [0.2, 0.25) is 0 Å². The van der Waals surface area contributed by atoms with Crippen LogP contribution in [0.25, 0.3) is 5.69 Å². The number of methoxy groups -OCH3 is 1. The number of rotatable bonds is 4. The van der Waals surface area contributed by atoms with E-state index in [4.69, 9.17) is 4.74 Å². The highest BCUT2D eigenvalue weighted by Crippen LogP contribution is 2.24. The molecule has 2 aromatic rings. The van der Waals surface area contributed by atoms with E-state index < -0.39 is 5.97 Å². The molecule has 0 amide bonds. The van der Waals surface area contributed by atoms with Gasteiger partial charge in [0, 0.05) is 17.6 Å². The number of hydrogen-bond donors (Lipinski definition) is 1. The number of imidazole rings is 1. The van der Waals surface area contributed by atoms with Gasteiger partial charge in [0.25, 0.3) is 0 Å². The molecule has 2 rings (SSSR count). The maximum atomic E-state index is 11.2. The summed E-state index contributed by atoms with van der Waals surface area (Å²) in [6, 6.07) is 5.07. The van der Waals surface area contributed by atoms with Crippen molar-refractivity contribution in [2.75, 3.05) is 7.11 Å². The molecule has 0 radical (unpaired) electrons. The lowest BCUT2D eigenvalue weighted by Crippen LogP contribution is -2.05. The molecule has 0 unspecified atom stereocenters. The molecule has 5 heteroatoms. The molecule has 0 saturated heterocycles. The van der Waals surface area contributed by atoms with Crippen LogP contribution < -0.4 is 4.74 Å². The minimum atomic E-state index is -1.01. The van der Waals surface area contributed by atoms with Crippen molar-refractivity contribution in [1.82, 2.24) is 9.55 Å². The van der Waals surface area contributed by atoms with Crippen molar-refractivity contribution in [1.29, 1.82) is 0 Å². The van der Waals surface area contributed by atoms with E-state index in [0.717, 1.165) is 11.4 Å². The quantitative estimate of drug-likeness (QED) is 0.918. The minimum absolute atomic E-state index is 0.142. The summed E-state index contributed by atoms with van der Waals surface area (Å²) in [6.45, 7) is 4.13. The van der Waals surface area contributed by atoms with Crippen molar-refractivity contribution in [2.45, 2.75) is 19.8 Å². The van der Waals surface area contributed by atoms with Crippen molar-refractivity contribution in [3.63, 3.8) is 0 Å². The Kier molecular flexibility index (Phi) is 3.55. The molecule has 1 aromatic carbocycles. The van der Waals surface area contributed by atoms with E-state index in [0.29, 0.717) is 11.7 Å². The van der Waals surface area contributed by atoms with Crippen LogP contribution in [-0.2, 0) is 0 Å². The largest absolute Gasteiger partial charge is 0.496 e. The number of aromatic nitrogens is 2. The zero-order valence-corrected chi connectivity index (χ0v) is 11.1. The molecule has 0 fully saturated rings. The molecule has 0 aliphatic rings. The molecule has 0 saturated carbocycles. The molecule has 0 aliphatic heterocycles. The van der Waals surface area contributed by atoms with Crippen LogP contribution in [0.2, 0.25) is 0 Å². The Morgan fingerprint density at radius 3 is 2.74 bits per heavy atom. The van der Waals surface area contributed by atoms with Gasteiger partial charge in [-0.1, -0.05) is 13.8 Å². The fraction of sp³-hybridized carbons (Fsp3) is 0.286. The number of hydrogen-bond acceptors (Lipinski definition) is 3. The number of ether oxygens (including phenoxy) is 1. The number of aromatic carboxylic acids is 1. The summed E-state index contributed by atoms with van der Waals surface area (Å²) < 4.78 is 6.94. The summed E-state index contributed by atoms with van der Waals surface area (Å²) >= 11 is 0. The van der Waals surface area contributed by atoms with Crippen molar-refractivity contribution in [2.24, 2.45) is 0 Å². The highest BCUT2D eigenvalue weighted by Gasteiger charge is 2.14. The molecule has 5 nitrogen and oxygen atoms in total. The molecule has 0 spiro atoms. The smallest absolute Gasteiger partial charge is 0.339 e. The molecule has 19 heavy (non-hydrogen) atoms. The fourth-order valence-corrected chi connectivity index (χ4v) is 1.96. The Morgan fingerprint density at radius 2 is 2.16 bits per heavy atom. The van der Waals surface area contributed by atoms with Crippen LogP contribution in [0.15, 0.2) is 30.7 Å². The maximum absolute atomic E-state index is 11.2. The van der Waals surface area contributed by atoms with Gasteiger partial charge in [0.15, 0.2) is 0 Å². The highest BCUT2D eigenvalue weighted by atomic mass is 16.5. The molecule has 0 aliphatic carbocycles. The number of nitrogens with zero attached hydrogens (tertiary/aromatic N) is 2. The van der Waals surface area contributed by atoms with E-state index in [1.165, 1.54) is 7.11 Å². The number of carboxylic acids is 1. The standard InChI is InChI=1S/C14H16N2O3/c1-9(2)12-7-15-8-16(12)10-4-5-13(19-3)11(6-10)14(17)18/h4-9H,1-3H3,(H,17,18). The van der Waals surface area contributed by atoms with Crippen LogP contribution in [-0.4, -0.2) is 27.7 Å². The Balaban J connectivity index is 2.54. The normalized spacial score (nSPS) is 10.7. The van der Waals surface area contributed by atoms with E-state index in [2.05, 4.69) is 18.8 Å². The average Bonchev–Trinajstić information content (AvgIpc) is 2.87. The zero-order chi connectivity index (χ0) is 14.0. The molecule has 0 bridgehead atoms. The lowest BCUT2D eigenvalue weighted by molar-refractivity contribution is 0.0693.